The van der Waals surface area contributed by atoms with Crippen LogP contribution >= 0.6 is 15.8 Å². The SMILES string of the molecule is CC(C)(C)OO.F[C-](F)F.[Pt].c1ccc(P(CCP(c2ccccc2)c2ccccc2)c2ccccc2)cc1. The van der Waals surface area contributed by atoms with Crippen molar-refractivity contribution >= 4 is 37.1 Å². The molecule has 0 aliphatic heterocycles. The zero-order chi connectivity index (χ0) is 27.8. The molecule has 0 aliphatic rings. The number of hydrogen-bond acceptors (Lipinski definition) is 2. The van der Waals surface area contributed by atoms with Gasteiger partial charge in [-0.15, -0.1) is 0 Å². The third kappa shape index (κ3) is 14.4. The van der Waals surface area contributed by atoms with Gasteiger partial charge in [0.2, 0.25) is 0 Å². The Morgan fingerprint density at radius 1 is 0.564 bits per heavy atom. The molecule has 39 heavy (non-hydrogen) atoms. The fourth-order valence-corrected chi connectivity index (χ4v) is 8.80. The van der Waals surface area contributed by atoms with E-state index in [1.807, 2.05) is 0 Å². The number of halogens is 3. The van der Waals surface area contributed by atoms with Gasteiger partial charge in [0.1, 0.15) is 0 Å². The Morgan fingerprint density at radius 2 is 0.744 bits per heavy atom. The Labute approximate surface area is 247 Å². The molecule has 1 N–H and O–H groups in total. The van der Waals surface area contributed by atoms with Crippen LogP contribution in [0.2, 0.25) is 0 Å². The minimum Gasteiger partial charge on any atom is -0.385 e. The molecule has 0 bridgehead atoms. The van der Waals surface area contributed by atoms with Crippen LogP contribution in [-0.4, -0.2) is 23.2 Å². The van der Waals surface area contributed by atoms with Gasteiger partial charge in [-0.1, -0.05) is 121 Å². The maximum atomic E-state index is 9.58. The smallest absolute Gasteiger partial charge is 0.154 e. The zero-order valence-electron chi connectivity index (χ0n) is 22.2. The molecule has 0 amide bonds. The van der Waals surface area contributed by atoms with Crippen molar-refractivity contribution in [2.24, 2.45) is 0 Å². The summed E-state index contributed by atoms with van der Waals surface area (Å²) in [5.74, 6) is 0. The average molecular weight is 753 g/mol. The quantitative estimate of drug-likeness (QED) is 0.0903. The summed E-state index contributed by atoms with van der Waals surface area (Å²) >= 11 is 0. The Bertz CT molecular complexity index is 969. The second kappa shape index (κ2) is 19.3. The maximum Gasteiger partial charge on any atom is 0.154 e. The molecule has 0 unspecified atom stereocenters. The third-order valence-corrected chi connectivity index (χ3v) is 10.5. The molecule has 0 saturated carbocycles. The van der Waals surface area contributed by atoms with E-state index in [0.717, 1.165) is 0 Å². The van der Waals surface area contributed by atoms with Crippen molar-refractivity contribution in [1.29, 1.82) is 0 Å². The molecule has 212 valence electrons. The van der Waals surface area contributed by atoms with Crippen LogP contribution < -0.4 is 21.2 Å². The monoisotopic (exact) mass is 752 g/mol. The minimum atomic E-state index is -3.08. The van der Waals surface area contributed by atoms with E-state index < -0.39 is 12.3 Å². The van der Waals surface area contributed by atoms with Gasteiger partial charge < -0.3 is 13.2 Å². The summed E-state index contributed by atoms with van der Waals surface area (Å²) in [7, 11) is -0.696. The second-order valence-corrected chi connectivity index (χ2v) is 13.7. The van der Waals surface area contributed by atoms with Crippen LogP contribution in [0.3, 0.4) is 0 Å². The van der Waals surface area contributed by atoms with Gasteiger partial charge in [-0.05, 0) is 70.2 Å². The fraction of sp³-hybridized carbons (Fsp3) is 0.194. The van der Waals surface area contributed by atoms with Gasteiger partial charge in [0.05, 0.1) is 5.60 Å². The molecular formula is C31H34F3O2P2Pt-. The van der Waals surface area contributed by atoms with E-state index in [2.05, 4.69) is 126 Å². The summed E-state index contributed by atoms with van der Waals surface area (Å²) in [4.78, 5) is 3.94. The van der Waals surface area contributed by atoms with Crippen LogP contribution in [0.5, 0.6) is 0 Å². The van der Waals surface area contributed by atoms with Gasteiger partial charge >= 0.3 is 0 Å². The van der Waals surface area contributed by atoms with Crippen LogP contribution in [0, 0.1) is 6.68 Å². The van der Waals surface area contributed by atoms with Crippen LogP contribution in [-0.2, 0) is 26.0 Å². The van der Waals surface area contributed by atoms with Gasteiger partial charge in [0, 0.05) is 21.1 Å². The molecule has 0 radical (unpaired) electrons. The van der Waals surface area contributed by atoms with Crippen molar-refractivity contribution in [3.63, 3.8) is 0 Å². The average Bonchev–Trinajstić information content (AvgIpc) is 2.93. The number of benzene rings is 4. The van der Waals surface area contributed by atoms with E-state index >= 15 is 0 Å². The first kappa shape index (κ1) is 35.2. The van der Waals surface area contributed by atoms with Crippen molar-refractivity contribution in [3.8, 4) is 0 Å². The topological polar surface area (TPSA) is 29.5 Å². The minimum absolute atomic E-state index is 0. The van der Waals surface area contributed by atoms with E-state index in [0.29, 0.717) is 0 Å². The van der Waals surface area contributed by atoms with E-state index in [9.17, 15) is 13.2 Å². The van der Waals surface area contributed by atoms with E-state index in [1.54, 1.807) is 20.8 Å². The first-order valence-corrected chi connectivity index (χ1v) is 15.2. The van der Waals surface area contributed by atoms with Crippen molar-refractivity contribution in [2.75, 3.05) is 12.3 Å². The summed E-state index contributed by atoms with van der Waals surface area (Å²) in [5.41, 5.74) is -0.403. The van der Waals surface area contributed by atoms with Gasteiger partial charge in [-0.3, -0.25) is 5.26 Å². The first-order chi connectivity index (χ1) is 18.2. The van der Waals surface area contributed by atoms with E-state index in [1.165, 1.54) is 33.5 Å². The molecule has 0 spiro atoms. The van der Waals surface area contributed by atoms with Gasteiger partial charge in [0.25, 0.3) is 0 Å². The molecule has 2 nitrogen and oxygen atoms in total. The normalized spacial score (nSPS) is 10.7. The molecule has 0 fully saturated rings. The van der Waals surface area contributed by atoms with Gasteiger partial charge in [-0.2, -0.15) is 0 Å². The number of rotatable bonds is 7. The van der Waals surface area contributed by atoms with Gasteiger partial charge in [0.15, 0.2) is 6.68 Å². The molecule has 0 aliphatic carbocycles. The predicted octanol–water partition coefficient (Wildman–Crippen LogP) is 7.87. The standard InChI is InChI=1S/C26H24P2.C4H10O2.CF3.Pt/c1-5-13-23(14-6-1)27(24-15-7-2-8-16-24)21-22-28(25-17-9-3-10-18-25)26-19-11-4-12-20-26;1-4(2,3)6-5;2-1(3)4;/h1-20H,21-22H2;5H,1-3H3;;/q;;-1;. The van der Waals surface area contributed by atoms with Gasteiger partial charge in [-0.25, -0.2) is 4.89 Å². The molecule has 8 heteroatoms. The molecule has 4 aromatic rings. The van der Waals surface area contributed by atoms with E-state index in [-0.39, 0.29) is 36.9 Å². The molecule has 4 aromatic carbocycles. The maximum absolute atomic E-state index is 9.58. The van der Waals surface area contributed by atoms with Crippen molar-refractivity contribution < 1.29 is 44.4 Å². The summed E-state index contributed by atoms with van der Waals surface area (Å²) < 4.78 is 28.8. The Kier molecular flexibility index (Phi) is 17.4. The van der Waals surface area contributed by atoms with Crippen LogP contribution in [0.1, 0.15) is 20.8 Å². The Morgan fingerprint density at radius 3 is 0.897 bits per heavy atom. The summed E-state index contributed by atoms with van der Waals surface area (Å²) in [5, 5.41) is 13.8. The third-order valence-electron chi connectivity index (χ3n) is 5.09. The molecular weight excluding hydrogens is 718 g/mol. The molecule has 4 rings (SSSR count). The molecule has 0 aromatic heterocycles. The predicted molar refractivity (Wildman–Crippen MR) is 158 cm³/mol. The van der Waals surface area contributed by atoms with Crippen molar-refractivity contribution in [1.82, 2.24) is 0 Å². The summed E-state index contributed by atoms with van der Waals surface area (Å²) in [6, 6.07) is 44.2. The van der Waals surface area contributed by atoms with Crippen molar-refractivity contribution in [2.45, 2.75) is 26.4 Å². The van der Waals surface area contributed by atoms with Crippen molar-refractivity contribution in [3.05, 3.63) is 128 Å². The summed E-state index contributed by atoms with van der Waals surface area (Å²) in [6.07, 6.45) is 2.41. The second-order valence-electron chi connectivity index (χ2n) is 9.06. The molecule has 0 heterocycles. The van der Waals surface area contributed by atoms with Crippen LogP contribution in [0.15, 0.2) is 121 Å². The first-order valence-electron chi connectivity index (χ1n) is 12.1. The Balaban J connectivity index is 0.000000596. The van der Waals surface area contributed by atoms with Crippen LogP contribution in [0.4, 0.5) is 13.2 Å². The largest absolute Gasteiger partial charge is 0.385 e. The van der Waals surface area contributed by atoms with E-state index in [4.69, 9.17) is 5.26 Å². The zero-order valence-corrected chi connectivity index (χ0v) is 26.2. The molecule has 0 saturated heterocycles. The van der Waals surface area contributed by atoms with Crippen LogP contribution in [0.25, 0.3) is 0 Å². The summed E-state index contributed by atoms with van der Waals surface area (Å²) in [6.45, 7) is 2.23. The fourth-order valence-electron chi connectivity index (χ4n) is 3.45. The molecule has 0 atom stereocenters. The number of hydrogen-bond donors (Lipinski definition) is 1. The Hall–Kier alpha value is -1.86.